The van der Waals surface area contributed by atoms with Crippen LogP contribution in [0.1, 0.15) is 27.9 Å². The average Bonchev–Trinajstić information content (AvgIpc) is 2.86. The lowest BCUT2D eigenvalue weighted by molar-refractivity contribution is -0.137. The van der Waals surface area contributed by atoms with Gasteiger partial charge in [0.25, 0.3) is 11.5 Å². The zero-order chi connectivity index (χ0) is 27.0. The van der Waals surface area contributed by atoms with Gasteiger partial charge in [-0.3, -0.25) is 9.59 Å². The first-order valence-corrected chi connectivity index (χ1v) is 11.9. The molecule has 4 aromatic rings. The van der Waals surface area contributed by atoms with Crippen LogP contribution in [0.5, 0.6) is 0 Å². The molecule has 11 heteroatoms. The Labute approximate surface area is 215 Å². The van der Waals surface area contributed by atoms with E-state index in [-0.39, 0.29) is 22.7 Å². The molecule has 1 aliphatic heterocycles. The van der Waals surface area contributed by atoms with Gasteiger partial charge >= 0.3 is 6.18 Å². The molecule has 1 unspecified atom stereocenters. The number of carbonyl (C=O) groups excluding carboxylic acids is 1. The highest BCUT2D eigenvalue weighted by atomic mass is 19.4. The lowest BCUT2D eigenvalue weighted by Gasteiger charge is -2.26. The van der Waals surface area contributed by atoms with Crippen molar-refractivity contribution in [3.63, 3.8) is 0 Å². The molecule has 1 saturated heterocycles. The van der Waals surface area contributed by atoms with E-state index in [1.54, 1.807) is 37.5 Å². The van der Waals surface area contributed by atoms with Gasteiger partial charge in [-0.2, -0.15) is 13.2 Å². The number of amides is 1. The van der Waals surface area contributed by atoms with E-state index in [9.17, 15) is 22.8 Å². The molecule has 0 bridgehead atoms. The van der Waals surface area contributed by atoms with Gasteiger partial charge in [-0.05, 0) is 55.3 Å². The number of benzene rings is 2. The lowest BCUT2D eigenvalue weighted by atomic mass is 10.0. The Morgan fingerprint density at radius 3 is 2.68 bits per heavy atom. The first-order valence-electron chi connectivity index (χ1n) is 11.9. The molecule has 2 aromatic heterocycles. The van der Waals surface area contributed by atoms with Crippen molar-refractivity contribution >= 4 is 28.4 Å². The number of carbonyl (C=O) groups is 1. The summed E-state index contributed by atoms with van der Waals surface area (Å²) in [5, 5.41) is 6.29. The van der Waals surface area contributed by atoms with Gasteiger partial charge in [0.2, 0.25) is 5.95 Å². The maximum Gasteiger partial charge on any atom is 0.416 e. The molecule has 1 aliphatic rings. The number of hydrogen-bond acceptors (Lipinski definition) is 6. The number of nitrogens with one attached hydrogen (secondary N) is 2. The molecule has 8 nitrogen and oxygen atoms in total. The van der Waals surface area contributed by atoms with Gasteiger partial charge < -0.3 is 19.9 Å². The van der Waals surface area contributed by atoms with E-state index in [4.69, 9.17) is 4.74 Å². The second-order valence-corrected chi connectivity index (χ2v) is 9.12. The molecule has 2 N–H and O–H groups in total. The Kier molecular flexibility index (Phi) is 6.62. The third-order valence-electron chi connectivity index (χ3n) is 6.48. The largest absolute Gasteiger partial charge is 0.416 e. The van der Waals surface area contributed by atoms with Crippen LogP contribution in [0.3, 0.4) is 0 Å². The van der Waals surface area contributed by atoms with Gasteiger partial charge in [0, 0.05) is 48.6 Å². The molecule has 2 aromatic carbocycles. The minimum Gasteiger partial charge on any atom is -0.376 e. The topological polar surface area (TPSA) is 98.1 Å². The molecular weight excluding hydrogens is 499 g/mol. The van der Waals surface area contributed by atoms with Crippen LogP contribution in [0.4, 0.5) is 24.8 Å². The summed E-state index contributed by atoms with van der Waals surface area (Å²) in [7, 11) is 1.63. The first-order chi connectivity index (χ1) is 18.1. The van der Waals surface area contributed by atoms with Crippen molar-refractivity contribution in [1.29, 1.82) is 0 Å². The summed E-state index contributed by atoms with van der Waals surface area (Å²) in [5.41, 5.74) is 1.35. The van der Waals surface area contributed by atoms with Crippen LogP contribution < -0.4 is 16.2 Å². The number of pyridine rings is 1. The zero-order valence-corrected chi connectivity index (χ0v) is 20.6. The molecule has 1 amide bonds. The summed E-state index contributed by atoms with van der Waals surface area (Å²) < 4.78 is 46.0. The third kappa shape index (κ3) is 5.10. The van der Waals surface area contributed by atoms with Crippen LogP contribution in [-0.2, 0) is 18.0 Å². The first kappa shape index (κ1) is 25.4. The second kappa shape index (κ2) is 9.90. The van der Waals surface area contributed by atoms with Crippen molar-refractivity contribution in [2.75, 3.05) is 23.8 Å². The molecule has 196 valence electrons. The number of hydrogen-bond donors (Lipinski definition) is 2. The van der Waals surface area contributed by atoms with Crippen LogP contribution in [0, 0.1) is 6.92 Å². The van der Waals surface area contributed by atoms with Gasteiger partial charge in [0.1, 0.15) is 5.52 Å². The summed E-state index contributed by atoms with van der Waals surface area (Å²) >= 11 is 0. The smallest absolute Gasteiger partial charge is 0.376 e. The van der Waals surface area contributed by atoms with E-state index in [1.165, 1.54) is 16.7 Å². The van der Waals surface area contributed by atoms with Crippen LogP contribution >= 0.6 is 0 Å². The molecule has 3 heterocycles. The molecule has 1 fully saturated rings. The van der Waals surface area contributed by atoms with E-state index in [2.05, 4.69) is 20.6 Å². The van der Waals surface area contributed by atoms with Crippen molar-refractivity contribution in [3.8, 4) is 11.3 Å². The maximum atomic E-state index is 13.2. The Morgan fingerprint density at radius 2 is 1.97 bits per heavy atom. The number of aryl methyl sites for hydroxylation is 1. The van der Waals surface area contributed by atoms with Gasteiger partial charge in [-0.15, -0.1) is 0 Å². The van der Waals surface area contributed by atoms with E-state index < -0.39 is 17.6 Å². The lowest BCUT2D eigenvalue weighted by Crippen LogP contribution is -2.33. The van der Waals surface area contributed by atoms with Crippen LogP contribution in [0.15, 0.2) is 59.5 Å². The number of ether oxygens (including phenoxy) is 1. The second-order valence-electron chi connectivity index (χ2n) is 9.12. The molecule has 0 saturated carbocycles. The molecule has 5 rings (SSSR count). The Bertz CT molecular complexity index is 1600. The molecule has 0 radical (unpaired) electrons. The van der Waals surface area contributed by atoms with Crippen molar-refractivity contribution < 1.29 is 22.7 Å². The minimum absolute atomic E-state index is 0.115. The standard InChI is InChI=1S/C27H24F3N5O3/c1-15-6-7-19(33-24(36)16-4-3-5-18(10-16)27(28,29)30)12-21(15)22-11-17-13-31-26(32-14-20-8-9-38-20)34-23(17)25(37)35(22)2/h3-7,10-13,20H,8-9,14H2,1-2H3,(H,33,36)(H,31,32,34). The SMILES string of the molecule is Cc1ccc(NC(=O)c2cccc(C(F)(F)F)c2)cc1-c1cc2cnc(NCC3CCO3)nc2c(=O)n1C. The monoisotopic (exact) mass is 523 g/mol. The summed E-state index contributed by atoms with van der Waals surface area (Å²) in [4.78, 5) is 34.6. The summed E-state index contributed by atoms with van der Waals surface area (Å²) in [6, 6.07) is 11.1. The number of halogens is 3. The average molecular weight is 524 g/mol. The van der Waals surface area contributed by atoms with Crippen molar-refractivity contribution in [2.45, 2.75) is 25.6 Å². The zero-order valence-electron chi connectivity index (χ0n) is 20.6. The molecule has 38 heavy (non-hydrogen) atoms. The van der Waals surface area contributed by atoms with E-state index in [1.807, 2.05) is 6.92 Å². The summed E-state index contributed by atoms with van der Waals surface area (Å²) in [6.45, 7) is 3.15. The van der Waals surface area contributed by atoms with E-state index in [0.29, 0.717) is 34.8 Å². The Morgan fingerprint density at radius 1 is 1.18 bits per heavy atom. The van der Waals surface area contributed by atoms with E-state index >= 15 is 0 Å². The number of rotatable bonds is 6. The quantitative estimate of drug-likeness (QED) is 0.378. The van der Waals surface area contributed by atoms with Crippen molar-refractivity contribution in [1.82, 2.24) is 14.5 Å². The number of aromatic nitrogens is 3. The number of alkyl halides is 3. The van der Waals surface area contributed by atoms with Crippen LogP contribution in [0.25, 0.3) is 22.2 Å². The minimum atomic E-state index is -4.56. The number of anilines is 2. The highest BCUT2D eigenvalue weighted by Crippen LogP contribution is 2.31. The molecule has 1 atom stereocenters. The van der Waals surface area contributed by atoms with Crippen molar-refractivity contribution in [2.24, 2.45) is 7.05 Å². The van der Waals surface area contributed by atoms with Crippen LogP contribution in [-0.4, -0.2) is 39.7 Å². The van der Waals surface area contributed by atoms with Gasteiger partial charge in [0.15, 0.2) is 0 Å². The Balaban J connectivity index is 1.44. The van der Waals surface area contributed by atoms with Gasteiger partial charge in [-0.1, -0.05) is 12.1 Å². The highest BCUT2D eigenvalue weighted by molar-refractivity contribution is 6.04. The maximum absolute atomic E-state index is 13.2. The Hall–Kier alpha value is -4.25. The number of nitrogens with zero attached hydrogens (tertiary/aromatic N) is 3. The fourth-order valence-corrected chi connectivity index (χ4v) is 4.19. The van der Waals surface area contributed by atoms with Gasteiger partial charge in [0.05, 0.1) is 17.4 Å². The van der Waals surface area contributed by atoms with Gasteiger partial charge in [-0.25, -0.2) is 9.97 Å². The predicted octanol–water partition coefficient (Wildman–Crippen LogP) is 4.78. The summed E-state index contributed by atoms with van der Waals surface area (Å²) in [6.07, 6.45) is -1.90. The number of fused-ring (bicyclic) bond motifs is 1. The highest BCUT2D eigenvalue weighted by Gasteiger charge is 2.31. The molecular formula is C27H24F3N5O3. The fourth-order valence-electron chi connectivity index (χ4n) is 4.19. The fraction of sp³-hybridized carbons (Fsp3) is 0.259. The van der Waals surface area contributed by atoms with Crippen LogP contribution in [0.2, 0.25) is 0 Å². The van der Waals surface area contributed by atoms with E-state index in [0.717, 1.165) is 30.7 Å². The van der Waals surface area contributed by atoms with Crippen molar-refractivity contribution in [3.05, 3.63) is 81.8 Å². The summed E-state index contributed by atoms with van der Waals surface area (Å²) in [5.74, 6) is -0.340. The predicted molar refractivity (Wildman–Crippen MR) is 137 cm³/mol. The molecule has 0 aliphatic carbocycles. The molecule has 0 spiro atoms. The normalized spacial score (nSPS) is 15.2. The third-order valence-corrected chi connectivity index (χ3v) is 6.48.